The molecule has 0 aliphatic heterocycles. The monoisotopic (exact) mass is 582 g/mol. The Bertz CT molecular complexity index is 2750. The van der Waals surface area contributed by atoms with E-state index in [1.807, 2.05) is 24.3 Å². The molecule has 7 aromatic carbocycles. The predicted molar refractivity (Wildman–Crippen MR) is 184 cm³/mol. The van der Waals surface area contributed by atoms with E-state index in [1.54, 1.807) is 11.3 Å². The zero-order chi connectivity index (χ0) is 28.8. The summed E-state index contributed by atoms with van der Waals surface area (Å²) in [5, 5.41) is 10.2. The molecule has 0 fully saturated rings. The van der Waals surface area contributed by atoms with Gasteiger partial charge in [-0.2, -0.15) is 0 Å². The molecular weight excluding hydrogens is 561 g/mol. The second kappa shape index (κ2) is 8.93. The summed E-state index contributed by atoms with van der Waals surface area (Å²) in [6, 6.07) is 46.6. The highest BCUT2D eigenvalue weighted by atomic mass is 32.1. The van der Waals surface area contributed by atoms with Gasteiger partial charge >= 0.3 is 0 Å². The van der Waals surface area contributed by atoms with Crippen molar-refractivity contribution < 1.29 is 8.83 Å². The molecule has 3 aromatic heterocycles. The van der Waals surface area contributed by atoms with Crippen LogP contribution >= 0.6 is 11.3 Å². The van der Waals surface area contributed by atoms with E-state index in [9.17, 15) is 0 Å². The van der Waals surface area contributed by atoms with Gasteiger partial charge < -0.3 is 8.83 Å². The van der Waals surface area contributed by atoms with E-state index < -0.39 is 0 Å². The Balaban J connectivity index is 1.23. The molecule has 0 radical (unpaired) electrons. The topological polar surface area (TPSA) is 42.4 Å². The van der Waals surface area contributed by atoms with Gasteiger partial charge in [0, 0.05) is 38.7 Å². The molecule has 3 heterocycles. The molecule has 0 N–H and O–H groups in total. The molecule has 0 aliphatic carbocycles. The van der Waals surface area contributed by atoms with Gasteiger partial charge in [-0.3, -0.25) is 4.90 Å². The smallest absolute Gasteiger partial charge is 0.195 e. The summed E-state index contributed by atoms with van der Waals surface area (Å²) in [6.07, 6.45) is 0. The van der Waals surface area contributed by atoms with Gasteiger partial charge in [0.2, 0.25) is 0 Å². The van der Waals surface area contributed by atoms with Gasteiger partial charge in [0.1, 0.15) is 22.3 Å². The van der Waals surface area contributed by atoms with E-state index in [1.165, 1.54) is 26.2 Å². The molecule has 0 saturated heterocycles. The van der Waals surface area contributed by atoms with E-state index >= 15 is 0 Å². The van der Waals surface area contributed by atoms with Gasteiger partial charge in [-0.15, -0.1) is 0 Å². The van der Waals surface area contributed by atoms with Crippen LogP contribution in [0.1, 0.15) is 0 Å². The Hall–Kier alpha value is -5.65. The maximum Gasteiger partial charge on any atom is 0.195 e. The summed E-state index contributed by atoms with van der Waals surface area (Å²) in [5.74, 6) is 0. The minimum Gasteiger partial charge on any atom is -0.456 e. The minimum absolute atomic E-state index is 0.849. The highest BCUT2D eigenvalue weighted by Gasteiger charge is 2.21. The first-order chi connectivity index (χ1) is 21.8. The predicted octanol–water partition coefficient (Wildman–Crippen LogP) is 11.9. The van der Waals surface area contributed by atoms with Crippen LogP contribution in [0.15, 0.2) is 142 Å². The summed E-state index contributed by atoms with van der Waals surface area (Å²) >= 11 is 1.72. The van der Waals surface area contributed by atoms with Crippen LogP contribution < -0.4 is 4.90 Å². The molecule has 0 atom stereocenters. The number of rotatable bonds is 3. The van der Waals surface area contributed by atoms with Crippen LogP contribution in [0.2, 0.25) is 0 Å². The third-order valence-electron chi connectivity index (χ3n) is 8.70. The fourth-order valence-electron chi connectivity index (χ4n) is 6.63. The van der Waals surface area contributed by atoms with Crippen LogP contribution in [-0.4, -0.2) is 4.98 Å². The summed E-state index contributed by atoms with van der Waals surface area (Å²) in [7, 11) is 0. The van der Waals surface area contributed by atoms with E-state index in [2.05, 4.69) is 114 Å². The summed E-state index contributed by atoms with van der Waals surface area (Å²) < 4.78 is 13.7. The number of para-hydroxylation sites is 2. The largest absolute Gasteiger partial charge is 0.456 e. The van der Waals surface area contributed by atoms with Gasteiger partial charge in [0.25, 0.3) is 0 Å². The van der Waals surface area contributed by atoms with Crippen LogP contribution in [0.4, 0.5) is 16.5 Å². The maximum absolute atomic E-state index is 6.33. The number of nitrogens with zero attached hydrogens (tertiary/aromatic N) is 2. The van der Waals surface area contributed by atoms with Crippen molar-refractivity contribution in [1.82, 2.24) is 4.98 Å². The molecule has 10 rings (SSSR count). The fourth-order valence-corrected chi connectivity index (χ4v) is 7.77. The number of thiazole rings is 1. The molecule has 0 bridgehead atoms. The molecule has 206 valence electrons. The third-order valence-corrected chi connectivity index (χ3v) is 9.79. The number of fused-ring (bicyclic) bond motifs is 11. The normalized spacial score (nSPS) is 12.1. The van der Waals surface area contributed by atoms with Crippen molar-refractivity contribution >= 4 is 103 Å². The molecule has 0 saturated carbocycles. The Morgan fingerprint density at radius 1 is 0.455 bits per heavy atom. The second-order valence-corrected chi connectivity index (χ2v) is 12.2. The standard InChI is InChI=1S/C39H22N2O2S/c1-2-8-26-23(7-1)13-16-31-27(26)18-19-33-38(31)44-39(40-33)41(24-15-20-36-32(21-24)29-10-4-6-12-35(29)42-36)25-14-17-30-28-9-3-5-11-34(28)43-37(30)22-25/h1-22H. The number of anilines is 3. The van der Waals surface area contributed by atoms with E-state index in [0.717, 1.165) is 65.9 Å². The lowest BCUT2D eigenvalue weighted by Gasteiger charge is -2.22. The first-order valence-corrected chi connectivity index (χ1v) is 15.4. The van der Waals surface area contributed by atoms with Crippen molar-refractivity contribution in [3.63, 3.8) is 0 Å². The third kappa shape index (κ3) is 3.41. The summed E-state index contributed by atoms with van der Waals surface area (Å²) in [4.78, 5) is 7.48. The second-order valence-electron chi connectivity index (χ2n) is 11.2. The van der Waals surface area contributed by atoms with Crippen LogP contribution in [0.5, 0.6) is 0 Å². The number of furan rings is 2. The highest BCUT2D eigenvalue weighted by molar-refractivity contribution is 7.23. The first kappa shape index (κ1) is 23.9. The van der Waals surface area contributed by atoms with Crippen molar-refractivity contribution in [3.05, 3.63) is 133 Å². The number of benzene rings is 7. The SMILES string of the molecule is c1ccc2c(c1)ccc1c2ccc2nc(N(c3ccc4c(c3)oc3ccccc34)c3ccc4oc5ccccc5c4c3)sc21. The number of hydrogen-bond donors (Lipinski definition) is 0. The Morgan fingerprint density at radius 2 is 1.07 bits per heavy atom. The molecule has 5 heteroatoms. The average Bonchev–Trinajstić information content (AvgIpc) is 3.77. The molecule has 4 nitrogen and oxygen atoms in total. The van der Waals surface area contributed by atoms with Crippen molar-refractivity contribution in [2.24, 2.45) is 0 Å². The van der Waals surface area contributed by atoms with Crippen LogP contribution in [0.25, 0.3) is 75.6 Å². The van der Waals surface area contributed by atoms with E-state index in [0.29, 0.717) is 0 Å². The van der Waals surface area contributed by atoms with Crippen molar-refractivity contribution in [2.75, 3.05) is 4.90 Å². The molecule has 10 aromatic rings. The fraction of sp³-hybridized carbons (Fsp3) is 0. The van der Waals surface area contributed by atoms with E-state index in [-0.39, 0.29) is 0 Å². The molecule has 44 heavy (non-hydrogen) atoms. The van der Waals surface area contributed by atoms with Crippen molar-refractivity contribution in [2.45, 2.75) is 0 Å². The Morgan fingerprint density at radius 3 is 1.93 bits per heavy atom. The number of aromatic nitrogens is 1. The lowest BCUT2D eigenvalue weighted by atomic mass is 10.0. The van der Waals surface area contributed by atoms with Crippen molar-refractivity contribution in [1.29, 1.82) is 0 Å². The maximum atomic E-state index is 6.33. The lowest BCUT2D eigenvalue weighted by molar-refractivity contribution is 0.668. The zero-order valence-corrected chi connectivity index (χ0v) is 24.1. The average molecular weight is 583 g/mol. The van der Waals surface area contributed by atoms with Crippen LogP contribution in [0, 0.1) is 0 Å². The van der Waals surface area contributed by atoms with Gasteiger partial charge in [-0.25, -0.2) is 4.98 Å². The van der Waals surface area contributed by atoms with Gasteiger partial charge in [-0.1, -0.05) is 90.2 Å². The van der Waals surface area contributed by atoms with Crippen LogP contribution in [0.3, 0.4) is 0 Å². The van der Waals surface area contributed by atoms with Gasteiger partial charge in [0.15, 0.2) is 5.13 Å². The summed E-state index contributed by atoms with van der Waals surface area (Å²) in [5.41, 5.74) is 6.46. The quantitative estimate of drug-likeness (QED) is 0.194. The molecule has 0 spiro atoms. The highest BCUT2D eigenvalue weighted by Crippen LogP contribution is 2.45. The van der Waals surface area contributed by atoms with Gasteiger partial charge in [-0.05, 0) is 64.7 Å². The van der Waals surface area contributed by atoms with Crippen LogP contribution in [-0.2, 0) is 0 Å². The number of hydrogen-bond acceptors (Lipinski definition) is 5. The van der Waals surface area contributed by atoms with Crippen molar-refractivity contribution in [3.8, 4) is 0 Å². The van der Waals surface area contributed by atoms with E-state index in [4.69, 9.17) is 13.8 Å². The molecule has 0 unspecified atom stereocenters. The van der Waals surface area contributed by atoms with Gasteiger partial charge in [0.05, 0.1) is 15.9 Å². The Kier molecular flexibility index (Phi) is 4.84. The summed E-state index contributed by atoms with van der Waals surface area (Å²) in [6.45, 7) is 0. The molecular formula is C39H22N2O2S. The zero-order valence-electron chi connectivity index (χ0n) is 23.3. The Labute approximate surface area is 255 Å². The lowest BCUT2D eigenvalue weighted by Crippen LogP contribution is -2.09. The first-order valence-electron chi connectivity index (χ1n) is 14.6. The minimum atomic E-state index is 0.849. The molecule has 0 amide bonds. The molecule has 0 aliphatic rings.